The number of rotatable bonds is 8. The minimum atomic E-state index is -0.0191. The second-order valence-corrected chi connectivity index (χ2v) is 8.02. The summed E-state index contributed by atoms with van der Waals surface area (Å²) in [5, 5.41) is 3.44. The predicted molar refractivity (Wildman–Crippen MR) is 134 cm³/mol. The molecule has 176 valence electrons. The Balaban J connectivity index is 0.00000341. The fraction of sp³-hybridized carbons (Fsp3) is 0.696. The molecule has 2 saturated heterocycles. The quantitative estimate of drug-likeness (QED) is 0.304. The topological polar surface area (TPSA) is 64.6 Å². The van der Waals surface area contributed by atoms with Crippen LogP contribution >= 0.6 is 24.0 Å². The Morgan fingerprint density at radius 2 is 1.94 bits per heavy atom. The van der Waals surface area contributed by atoms with Gasteiger partial charge in [0.1, 0.15) is 6.10 Å². The molecule has 31 heavy (non-hydrogen) atoms. The largest absolute Gasteiger partial charge is 0.493 e. The SMILES string of the molecule is CN=C(NCC(C)Oc1ccccc1OC)N1CCC(OCC2CCCCO2)CC1.I. The number of likely N-dealkylation sites (tertiary alicyclic amines) is 1. The van der Waals surface area contributed by atoms with Gasteiger partial charge in [0.25, 0.3) is 0 Å². The van der Waals surface area contributed by atoms with Gasteiger partial charge >= 0.3 is 0 Å². The molecule has 0 amide bonds. The Bertz CT molecular complexity index is 662. The minimum absolute atomic E-state index is 0. The van der Waals surface area contributed by atoms with Crippen molar-refractivity contribution in [2.24, 2.45) is 4.99 Å². The first-order valence-corrected chi connectivity index (χ1v) is 11.2. The Labute approximate surface area is 203 Å². The monoisotopic (exact) mass is 547 g/mol. The maximum absolute atomic E-state index is 6.13. The number of piperidine rings is 1. The van der Waals surface area contributed by atoms with Crippen molar-refractivity contribution < 1.29 is 18.9 Å². The zero-order chi connectivity index (χ0) is 21.2. The van der Waals surface area contributed by atoms with E-state index in [9.17, 15) is 0 Å². The molecule has 0 aliphatic carbocycles. The van der Waals surface area contributed by atoms with Crippen LogP contribution in [0.2, 0.25) is 0 Å². The van der Waals surface area contributed by atoms with E-state index in [-0.39, 0.29) is 36.2 Å². The van der Waals surface area contributed by atoms with E-state index in [0.29, 0.717) is 12.6 Å². The summed E-state index contributed by atoms with van der Waals surface area (Å²) in [5.41, 5.74) is 0. The first-order chi connectivity index (χ1) is 14.7. The summed E-state index contributed by atoms with van der Waals surface area (Å²) in [6, 6.07) is 7.71. The summed E-state index contributed by atoms with van der Waals surface area (Å²) < 4.78 is 23.3. The lowest BCUT2D eigenvalue weighted by Gasteiger charge is -2.35. The van der Waals surface area contributed by atoms with Gasteiger partial charge in [-0.15, -0.1) is 24.0 Å². The third-order valence-corrected chi connectivity index (χ3v) is 5.69. The van der Waals surface area contributed by atoms with Crippen LogP contribution in [0.5, 0.6) is 11.5 Å². The number of methoxy groups -OCH3 is 1. The number of guanidine groups is 1. The molecule has 1 aromatic carbocycles. The molecule has 2 aliphatic heterocycles. The summed E-state index contributed by atoms with van der Waals surface area (Å²) in [5.74, 6) is 2.41. The third-order valence-electron chi connectivity index (χ3n) is 5.69. The van der Waals surface area contributed by atoms with E-state index in [2.05, 4.69) is 15.2 Å². The van der Waals surface area contributed by atoms with Gasteiger partial charge in [-0.2, -0.15) is 0 Å². The van der Waals surface area contributed by atoms with Crippen molar-refractivity contribution in [3.8, 4) is 11.5 Å². The van der Waals surface area contributed by atoms with Gasteiger partial charge in [-0.3, -0.25) is 4.99 Å². The Morgan fingerprint density at radius 1 is 1.19 bits per heavy atom. The van der Waals surface area contributed by atoms with Crippen LogP contribution in [0.4, 0.5) is 0 Å². The standard InChI is InChI=1S/C23H37N3O4.HI/c1-18(30-22-10-5-4-9-21(22)27-3)16-25-23(24-2)26-13-11-19(12-14-26)29-17-20-8-6-7-15-28-20;/h4-5,9-10,18-20H,6-8,11-17H2,1-3H3,(H,24,25);1H. The molecule has 1 N–H and O–H groups in total. The maximum Gasteiger partial charge on any atom is 0.193 e. The first-order valence-electron chi connectivity index (χ1n) is 11.2. The van der Waals surface area contributed by atoms with Gasteiger partial charge in [0.15, 0.2) is 17.5 Å². The van der Waals surface area contributed by atoms with E-state index in [1.165, 1.54) is 12.8 Å². The molecular formula is C23H38IN3O4. The highest BCUT2D eigenvalue weighted by atomic mass is 127. The first kappa shape index (κ1) is 26.0. The summed E-state index contributed by atoms with van der Waals surface area (Å²) in [4.78, 5) is 6.76. The number of hydrogen-bond donors (Lipinski definition) is 1. The lowest BCUT2D eigenvalue weighted by molar-refractivity contribution is -0.0721. The van der Waals surface area contributed by atoms with Crippen LogP contribution < -0.4 is 14.8 Å². The van der Waals surface area contributed by atoms with E-state index in [4.69, 9.17) is 18.9 Å². The summed E-state index contributed by atoms with van der Waals surface area (Å²) >= 11 is 0. The zero-order valence-corrected chi connectivity index (χ0v) is 21.4. The average molecular weight is 547 g/mol. The van der Waals surface area contributed by atoms with Crippen molar-refractivity contribution in [3.63, 3.8) is 0 Å². The molecule has 7 nitrogen and oxygen atoms in total. The molecule has 8 heteroatoms. The highest BCUT2D eigenvalue weighted by Crippen LogP contribution is 2.26. The van der Waals surface area contributed by atoms with E-state index in [1.807, 2.05) is 38.2 Å². The van der Waals surface area contributed by atoms with Crippen molar-refractivity contribution in [3.05, 3.63) is 24.3 Å². The molecule has 0 spiro atoms. The van der Waals surface area contributed by atoms with Gasteiger partial charge in [0.05, 0.1) is 32.5 Å². The normalized spacial score (nSPS) is 21.2. The van der Waals surface area contributed by atoms with E-state index in [1.54, 1.807) is 7.11 Å². The molecule has 2 heterocycles. The van der Waals surface area contributed by atoms with Crippen LogP contribution in [0.15, 0.2) is 29.3 Å². The molecule has 3 rings (SSSR count). The number of benzene rings is 1. The molecule has 2 atom stereocenters. The molecule has 0 saturated carbocycles. The molecule has 0 aromatic heterocycles. The predicted octanol–water partition coefficient (Wildman–Crippen LogP) is 3.71. The number of ether oxygens (including phenoxy) is 4. The van der Waals surface area contributed by atoms with Crippen LogP contribution in [0, 0.1) is 0 Å². The van der Waals surface area contributed by atoms with Crippen molar-refractivity contribution in [2.75, 3.05) is 47.0 Å². The number of para-hydroxylation sites is 2. The molecular weight excluding hydrogens is 509 g/mol. The highest BCUT2D eigenvalue weighted by Gasteiger charge is 2.24. The summed E-state index contributed by atoms with van der Waals surface area (Å²) in [6.07, 6.45) is 6.19. The van der Waals surface area contributed by atoms with E-state index < -0.39 is 0 Å². The lowest BCUT2D eigenvalue weighted by Crippen LogP contribution is -2.49. The van der Waals surface area contributed by atoms with Crippen molar-refractivity contribution in [1.29, 1.82) is 0 Å². The lowest BCUT2D eigenvalue weighted by atomic mass is 10.1. The molecule has 2 fully saturated rings. The average Bonchev–Trinajstić information content (AvgIpc) is 2.80. The van der Waals surface area contributed by atoms with Gasteiger partial charge in [0, 0.05) is 26.7 Å². The summed E-state index contributed by atoms with van der Waals surface area (Å²) in [6.45, 7) is 6.21. The smallest absolute Gasteiger partial charge is 0.193 e. The van der Waals surface area contributed by atoms with Gasteiger partial charge in [-0.25, -0.2) is 0 Å². The van der Waals surface area contributed by atoms with Crippen LogP contribution in [-0.2, 0) is 9.47 Å². The Hall–Kier alpha value is -1.26. The Kier molecular flexibility index (Phi) is 11.7. The number of halogens is 1. The van der Waals surface area contributed by atoms with E-state index >= 15 is 0 Å². The van der Waals surface area contributed by atoms with Crippen LogP contribution in [0.3, 0.4) is 0 Å². The number of nitrogens with zero attached hydrogens (tertiary/aromatic N) is 2. The molecule has 0 radical (unpaired) electrons. The second-order valence-electron chi connectivity index (χ2n) is 8.02. The van der Waals surface area contributed by atoms with Gasteiger partial charge < -0.3 is 29.2 Å². The van der Waals surface area contributed by atoms with Gasteiger partial charge in [-0.1, -0.05) is 12.1 Å². The van der Waals surface area contributed by atoms with Crippen LogP contribution in [-0.4, -0.2) is 76.2 Å². The van der Waals surface area contributed by atoms with Crippen LogP contribution in [0.25, 0.3) is 0 Å². The van der Waals surface area contributed by atoms with Gasteiger partial charge in [-0.05, 0) is 51.2 Å². The van der Waals surface area contributed by atoms with E-state index in [0.717, 1.165) is 63.0 Å². The Morgan fingerprint density at radius 3 is 2.58 bits per heavy atom. The minimum Gasteiger partial charge on any atom is -0.493 e. The molecule has 1 aromatic rings. The van der Waals surface area contributed by atoms with Crippen molar-refractivity contribution >= 4 is 29.9 Å². The molecule has 2 unspecified atom stereocenters. The summed E-state index contributed by atoms with van der Waals surface area (Å²) in [7, 11) is 3.49. The van der Waals surface area contributed by atoms with Crippen molar-refractivity contribution in [1.82, 2.24) is 10.2 Å². The fourth-order valence-corrected chi connectivity index (χ4v) is 3.96. The molecule has 0 bridgehead atoms. The second kappa shape index (κ2) is 14.0. The number of aliphatic imine (C=N–C) groups is 1. The van der Waals surface area contributed by atoms with Gasteiger partial charge in [0.2, 0.25) is 0 Å². The zero-order valence-electron chi connectivity index (χ0n) is 19.0. The highest BCUT2D eigenvalue weighted by molar-refractivity contribution is 14.0. The number of nitrogens with one attached hydrogen (secondary N) is 1. The third kappa shape index (κ3) is 8.31. The fourth-order valence-electron chi connectivity index (χ4n) is 3.96. The van der Waals surface area contributed by atoms with Crippen molar-refractivity contribution in [2.45, 2.75) is 57.3 Å². The van der Waals surface area contributed by atoms with Crippen LogP contribution in [0.1, 0.15) is 39.0 Å². The number of hydrogen-bond acceptors (Lipinski definition) is 5. The maximum atomic E-state index is 6.13. The molecule has 2 aliphatic rings.